The van der Waals surface area contributed by atoms with E-state index in [2.05, 4.69) is 72.8 Å². The van der Waals surface area contributed by atoms with Crippen LogP contribution in [0.25, 0.3) is 22.3 Å². The molecule has 2 N–H and O–H groups in total. The number of benzene rings is 4. The summed E-state index contributed by atoms with van der Waals surface area (Å²) in [6.07, 6.45) is 2.78. The molecule has 2 atom stereocenters. The lowest BCUT2D eigenvalue weighted by molar-refractivity contribution is 0.0764. The van der Waals surface area contributed by atoms with Gasteiger partial charge in [-0.3, -0.25) is 0 Å². The minimum Gasteiger partial charge on any atom is -0.491 e. The number of ether oxygens (including phenoxy) is 3. The van der Waals surface area contributed by atoms with Crippen LogP contribution >= 0.6 is 0 Å². The molecular formula is C36H42O5. The van der Waals surface area contributed by atoms with Crippen LogP contribution in [-0.4, -0.2) is 48.8 Å². The van der Waals surface area contributed by atoms with Gasteiger partial charge in [0, 0.05) is 0 Å². The predicted octanol–water partition coefficient (Wildman–Crippen LogP) is 7.12. The molecule has 0 aliphatic heterocycles. The fourth-order valence-corrected chi connectivity index (χ4v) is 4.51. The van der Waals surface area contributed by atoms with Crippen LogP contribution in [0.2, 0.25) is 0 Å². The molecule has 5 nitrogen and oxygen atoms in total. The monoisotopic (exact) mass is 554 g/mol. The van der Waals surface area contributed by atoms with E-state index < -0.39 is 0 Å². The molecule has 41 heavy (non-hydrogen) atoms. The van der Waals surface area contributed by atoms with E-state index in [4.69, 9.17) is 14.2 Å². The van der Waals surface area contributed by atoms with E-state index in [1.165, 1.54) is 11.1 Å². The first-order valence-electron chi connectivity index (χ1n) is 14.5. The molecule has 0 aliphatic rings. The molecule has 0 bridgehead atoms. The second-order valence-electron chi connectivity index (χ2n) is 10.5. The maximum absolute atomic E-state index is 9.46. The van der Waals surface area contributed by atoms with Crippen molar-refractivity contribution in [2.45, 2.75) is 51.7 Å². The first kappa shape index (κ1) is 30.3. The van der Waals surface area contributed by atoms with E-state index in [0.29, 0.717) is 26.4 Å². The molecule has 0 spiro atoms. The third-order valence-corrected chi connectivity index (χ3v) is 6.98. The van der Waals surface area contributed by atoms with Crippen molar-refractivity contribution in [1.82, 2.24) is 0 Å². The van der Waals surface area contributed by atoms with E-state index in [-0.39, 0.29) is 12.2 Å². The van der Waals surface area contributed by atoms with Gasteiger partial charge in [0.1, 0.15) is 24.7 Å². The average Bonchev–Trinajstić information content (AvgIpc) is 3.00. The number of hydrogen-bond acceptors (Lipinski definition) is 5. The number of aliphatic hydroxyl groups excluding tert-OH is 2. The van der Waals surface area contributed by atoms with Crippen LogP contribution in [0.4, 0.5) is 0 Å². The minimum atomic E-state index is -0.270. The SMILES string of the molecule is CC(O)CCc1ccc(-c2ccc(OCCOCCOc3ccc(-c4ccc(CCC(C)O)cc4)cc3)cc2)cc1. The molecule has 216 valence electrons. The topological polar surface area (TPSA) is 68.2 Å². The summed E-state index contributed by atoms with van der Waals surface area (Å²) in [5.41, 5.74) is 7.08. The van der Waals surface area contributed by atoms with E-state index in [9.17, 15) is 10.2 Å². The zero-order valence-electron chi connectivity index (χ0n) is 24.2. The van der Waals surface area contributed by atoms with Gasteiger partial charge in [0.2, 0.25) is 0 Å². The summed E-state index contributed by atoms with van der Waals surface area (Å²) in [5.74, 6) is 1.63. The average molecular weight is 555 g/mol. The Morgan fingerprint density at radius 2 is 0.780 bits per heavy atom. The van der Waals surface area contributed by atoms with Crippen LogP contribution in [0.15, 0.2) is 97.1 Å². The van der Waals surface area contributed by atoms with Gasteiger partial charge < -0.3 is 24.4 Å². The Morgan fingerprint density at radius 3 is 1.10 bits per heavy atom. The van der Waals surface area contributed by atoms with Gasteiger partial charge in [0.15, 0.2) is 0 Å². The maximum Gasteiger partial charge on any atom is 0.119 e. The molecule has 0 fully saturated rings. The minimum absolute atomic E-state index is 0.270. The van der Waals surface area contributed by atoms with E-state index >= 15 is 0 Å². The van der Waals surface area contributed by atoms with E-state index in [0.717, 1.165) is 59.4 Å². The molecular weight excluding hydrogens is 512 g/mol. The van der Waals surface area contributed by atoms with Gasteiger partial charge in [-0.25, -0.2) is 0 Å². The zero-order chi connectivity index (χ0) is 28.9. The van der Waals surface area contributed by atoms with Crippen molar-refractivity contribution in [3.63, 3.8) is 0 Å². The van der Waals surface area contributed by atoms with Gasteiger partial charge in [0.25, 0.3) is 0 Å². The maximum atomic E-state index is 9.46. The third kappa shape index (κ3) is 10.4. The van der Waals surface area contributed by atoms with Crippen molar-refractivity contribution in [2.24, 2.45) is 0 Å². The largest absolute Gasteiger partial charge is 0.491 e. The fraction of sp³-hybridized carbons (Fsp3) is 0.333. The van der Waals surface area contributed by atoms with Crippen molar-refractivity contribution in [3.05, 3.63) is 108 Å². The van der Waals surface area contributed by atoms with Crippen LogP contribution in [0, 0.1) is 0 Å². The number of rotatable bonds is 16. The highest BCUT2D eigenvalue weighted by Crippen LogP contribution is 2.24. The van der Waals surface area contributed by atoms with Crippen molar-refractivity contribution < 1.29 is 24.4 Å². The molecule has 0 saturated carbocycles. The molecule has 2 unspecified atom stereocenters. The van der Waals surface area contributed by atoms with Gasteiger partial charge in [-0.2, -0.15) is 0 Å². The lowest BCUT2D eigenvalue weighted by Crippen LogP contribution is -2.12. The van der Waals surface area contributed by atoms with Crippen molar-refractivity contribution in [1.29, 1.82) is 0 Å². The Bertz CT molecular complexity index is 1180. The highest BCUT2D eigenvalue weighted by atomic mass is 16.5. The van der Waals surface area contributed by atoms with Crippen LogP contribution in [0.5, 0.6) is 11.5 Å². The highest BCUT2D eigenvalue weighted by molar-refractivity contribution is 5.65. The van der Waals surface area contributed by atoms with E-state index in [1.807, 2.05) is 38.1 Å². The van der Waals surface area contributed by atoms with Crippen LogP contribution < -0.4 is 9.47 Å². The summed E-state index contributed by atoms with van der Waals surface area (Å²) in [6.45, 7) is 5.58. The van der Waals surface area contributed by atoms with Crippen molar-refractivity contribution in [2.75, 3.05) is 26.4 Å². The van der Waals surface area contributed by atoms with Gasteiger partial charge in [0.05, 0.1) is 25.4 Å². The Hall–Kier alpha value is -3.64. The quantitative estimate of drug-likeness (QED) is 0.144. The Kier molecular flexibility index (Phi) is 11.8. The summed E-state index contributed by atoms with van der Waals surface area (Å²) < 4.78 is 17.3. The summed E-state index contributed by atoms with van der Waals surface area (Å²) in [6, 6.07) is 33.2. The third-order valence-electron chi connectivity index (χ3n) is 6.98. The Labute approximate surface area is 244 Å². The van der Waals surface area contributed by atoms with E-state index in [1.54, 1.807) is 0 Å². The number of hydrogen-bond donors (Lipinski definition) is 2. The molecule has 0 saturated heterocycles. The normalized spacial score (nSPS) is 12.6. The van der Waals surface area contributed by atoms with Crippen LogP contribution in [0.3, 0.4) is 0 Å². The number of aliphatic hydroxyl groups is 2. The Balaban J connectivity index is 1.10. The summed E-state index contributed by atoms with van der Waals surface area (Å²) >= 11 is 0. The van der Waals surface area contributed by atoms with Gasteiger partial charge in [-0.05, 0) is 97.2 Å². The molecule has 0 amide bonds. The number of aryl methyl sites for hydroxylation is 2. The molecule has 4 aromatic carbocycles. The second-order valence-corrected chi connectivity index (χ2v) is 10.5. The molecule has 4 aromatic rings. The van der Waals surface area contributed by atoms with Crippen LogP contribution in [-0.2, 0) is 17.6 Å². The van der Waals surface area contributed by atoms with Crippen LogP contribution in [0.1, 0.15) is 37.8 Å². The predicted molar refractivity (Wildman–Crippen MR) is 166 cm³/mol. The van der Waals surface area contributed by atoms with Crippen molar-refractivity contribution >= 4 is 0 Å². The molecule has 0 radical (unpaired) electrons. The summed E-state index contributed by atoms with van der Waals surface area (Å²) in [5, 5.41) is 18.9. The molecule has 5 heteroatoms. The standard InChI is InChI=1S/C36H42O5/c1-27(37)3-5-29-7-11-31(12-8-29)33-15-19-35(20-16-33)40-25-23-39-24-26-41-36-21-17-34(18-22-36)32-13-9-30(10-14-32)6-4-28(2)38/h7-22,27-28,37-38H,3-6,23-26H2,1-2H3. The summed E-state index contributed by atoms with van der Waals surface area (Å²) in [4.78, 5) is 0. The second kappa shape index (κ2) is 16.0. The zero-order valence-corrected chi connectivity index (χ0v) is 24.2. The smallest absolute Gasteiger partial charge is 0.119 e. The van der Waals surface area contributed by atoms with Gasteiger partial charge in [-0.1, -0.05) is 72.8 Å². The lowest BCUT2D eigenvalue weighted by Gasteiger charge is -2.10. The first-order chi connectivity index (χ1) is 20.0. The molecule has 0 aromatic heterocycles. The highest BCUT2D eigenvalue weighted by Gasteiger charge is 2.04. The molecule has 0 aliphatic carbocycles. The van der Waals surface area contributed by atoms with Gasteiger partial charge in [-0.15, -0.1) is 0 Å². The summed E-state index contributed by atoms with van der Waals surface area (Å²) in [7, 11) is 0. The Morgan fingerprint density at radius 1 is 0.463 bits per heavy atom. The molecule has 4 rings (SSSR count). The fourth-order valence-electron chi connectivity index (χ4n) is 4.51. The molecule has 0 heterocycles. The van der Waals surface area contributed by atoms with Gasteiger partial charge >= 0.3 is 0 Å². The first-order valence-corrected chi connectivity index (χ1v) is 14.5. The van der Waals surface area contributed by atoms with Crippen molar-refractivity contribution in [3.8, 4) is 33.8 Å². The lowest BCUT2D eigenvalue weighted by atomic mass is 10.0.